The number of hydrogen-bond donors (Lipinski definition) is 1. The maximum atomic E-state index is 11.6. The average molecular weight is 289 g/mol. The topological polar surface area (TPSA) is 87.6 Å². The van der Waals surface area contributed by atoms with Crippen molar-refractivity contribution in [1.82, 2.24) is 6.15 Å². The summed E-state index contributed by atoms with van der Waals surface area (Å²) in [4.78, 5) is 0. The molecule has 0 aliphatic heterocycles. The van der Waals surface area contributed by atoms with Gasteiger partial charge in [-0.15, -0.1) is 26.3 Å². The highest BCUT2D eigenvalue weighted by Crippen LogP contribution is 2.29. The van der Waals surface area contributed by atoms with Gasteiger partial charge >= 0.3 is 10.4 Å². The molecule has 0 heterocycles. The monoisotopic (exact) mass is 289 g/mol. The fourth-order valence-corrected chi connectivity index (χ4v) is 2.46. The summed E-state index contributed by atoms with van der Waals surface area (Å²) in [6.45, 7) is 14.1. The first-order chi connectivity index (χ1) is 8.45. The summed E-state index contributed by atoms with van der Waals surface area (Å²) < 4.78 is 33.0. The van der Waals surface area contributed by atoms with Crippen LogP contribution < -0.4 is 6.15 Å². The smallest absolute Gasteiger partial charge is 0.344 e. The molecule has 0 saturated heterocycles. The Balaban J connectivity index is 0. The van der Waals surface area contributed by atoms with Crippen molar-refractivity contribution in [3.8, 4) is 0 Å². The molecule has 3 N–H and O–H groups in total. The van der Waals surface area contributed by atoms with Crippen molar-refractivity contribution < 1.29 is 16.8 Å². The van der Waals surface area contributed by atoms with Gasteiger partial charge in [0.1, 0.15) is 5.60 Å². The lowest BCUT2D eigenvalue weighted by atomic mass is 9.92. The largest absolute Gasteiger partial charge is 0.400 e. The summed E-state index contributed by atoms with van der Waals surface area (Å²) in [6, 6.07) is 0. The molecule has 0 atom stereocenters. The van der Waals surface area contributed by atoms with Gasteiger partial charge < -0.3 is 6.15 Å². The van der Waals surface area contributed by atoms with Crippen molar-refractivity contribution in [3.63, 3.8) is 0 Å². The third kappa shape index (κ3) is 7.74. The molecule has 6 heteroatoms. The van der Waals surface area contributed by atoms with Crippen molar-refractivity contribution in [2.45, 2.75) is 24.9 Å². The fourth-order valence-electron chi connectivity index (χ4n) is 1.51. The highest BCUT2D eigenvalue weighted by atomic mass is 32.3. The maximum Gasteiger partial charge on any atom is 0.400 e. The summed E-state index contributed by atoms with van der Waals surface area (Å²) in [5.41, 5.74) is -0.967. The SMILES string of the molecule is C=CCOS(=O)(=O)OC(CC=C)(CC=C)CC=C.N. The lowest BCUT2D eigenvalue weighted by Gasteiger charge is -2.29. The van der Waals surface area contributed by atoms with Crippen molar-refractivity contribution in [3.05, 3.63) is 50.6 Å². The Labute approximate surface area is 116 Å². The third-order valence-electron chi connectivity index (χ3n) is 2.16. The minimum Gasteiger partial charge on any atom is -0.344 e. The molecule has 0 aromatic heterocycles. The predicted octanol–water partition coefficient (Wildman–Crippen LogP) is 3.08. The van der Waals surface area contributed by atoms with Gasteiger partial charge in [-0.1, -0.05) is 24.3 Å². The Morgan fingerprint density at radius 3 is 1.63 bits per heavy atom. The summed E-state index contributed by atoms with van der Waals surface area (Å²) in [6.07, 6.45) is 7.16. The highest BCUT2D eigenvalue weighted by Gasteiger charge is 2.33. The van der Waals surface area contributed by atoms with Gasteiger partial charge in [-0.05, 0) is 19.3 Å². The molecule has 5 nitrogen and oxygen atoms in total. The van der Waals surface area contributed by atoms with Crippen LogP contribution in [0.2, 0.25) is 0 Å². The van der Waals surface area contributed by atoms with E-state index in [-0.39, 0.29) is 12.8 Å². The second kappa shape index (κ2) is 9.69. The minimum absolute atomic E-state index is 0. The molecule has 0 aliphatic rings. The van der Waals surface area contributed by atoms with Gasteiger partial charge in [-0.3, -0.25) is 0 Å². The molecule has 0 spiro atoms. The average Bonchev–Trinajstić information content (AvgIpc) is 2.27. The Morgan fingerprint density at radius 2 is 1.32 bits per heavy atom. The van der Waals surface area contributed by atoms with E-state index in [2.05, 4.69) is 30.5 Å². The Hall–Kier alpha value is -1.21. The van der Waals surface area contributed by atoms with Gasteiger partial charge in [0, 0.05) is 0 Å². The predicted molar refractivity (Wildman–Crippen MR) is 78.3 cm³/mol. The van der Waals surface area contributed by atoms with Crippen LogP contribution in [0, 0.1) is 0 Å². The van der Waals surface area contributed by atoms with Crippen LogP contribution in [0.25, 0.3) is 0 Å². The van der Waals surface area contributed by atoms with Crippen LogP contribution in [0.3, 0.4) is 0 Å². The summed E-state index contributed by atoms with van der Waals surface area (Å²) in [5.74, 6) is 0. The molecule has 0 amide bonds. The standard InChI is InChI=1S/C13H20O4S.H3N/c1-5-9-13(10-6-2,11-7-3)17-18(14,15)16-12-8-4;/h5-8H,1-4,9-12H2;1H3. The summed E-state index contributed by atoms with van der Waals surface area (Å²) in [5, 5.41) is 0. The molecule has 0 aromatic rings. The van der Waals surface area contributed by atoms with Gasteiger partial charge in [0.25, 0.3) is 0 Å². The van der Waals surface area contributed by atoms with Crippen LogP contribution in [0.5, 0.6) is 0 Å². The normalized spacial score (nSPS) is 11.2. The van der Waals surface area contributed by atoms with Crippen LogP contribution in [0.1, 0.15) is 19.3 Å². The van der Waals surface area contributed by atoms with E-state index in [9.17, 15) is 8.42 Å². The molecular weight excluding hydrogens is 266 g/mol. The van der Waals surface area contributed by atoms with Gasteiger partial charge in [0.05, 0.1) is 6.61 Å². The Morgan fingerprint density at radius 1 is 0.895 bits per heavy atom. The van der Waals surface area contributed by atoms with Crippen molar-refractivity contribution >= 4 is 10.4 Å². The molecule has 0 aromatic carbocycles. The van der Waals surface area contributed by atoms with E-state index in [1.165, 1.54) is 6.08 Å². The van der Waals surface area contributed by atoms with E-state index < -0.39 is 16.0 Å². The lowest BCUT2D eigenvalue weighted by Crippen LogP contribution is -2.34. The first-order valence-electron chi connectivity index (χ1n) is 5.49. The zero-order chi connectivity index (χ0) is 14.1. The molecule has 0 saturated carbocycles. The third-order valence-corrected chi connectivity index (χ3v) is 3.14. The van der Waals surface area contributed by atoms with E-state index in [0.29, 0.717) is 19.3 Å². The quantitative estimate of drug-likeness (QED) is 0.590. The van der Waals surface area contributed by atoms with E-state index >= 15 is 0 Å². The highest BCUT2D eigenvalue weighted by molar-refractivity contribution is 7.81. The molecule has 110 valence electrons. The minimum atomic E-state index is -4.08. The summed E-state index contributed by atoms with van der Waals surface area (Å²) >= 11 is 0. The molecular formula is C13H23NO4S. The molecule has 19 heavy (non-hydrogen) atoms. The van der Waals surface area contributed by atoms with Crippen molar-refractivity contribution in [2.24, 2.45) is 0 Å². The van der Waals surface area contributed by atoms with E-state index in [1.54, 1.807) is 18.2 Å². The molecule has 0 fully saturated rings. The summed E-state index contributed by atoms with van der Waals surface area (Å²) in [7, 11) is -4.08. The second-order valence-corrected chi connectivity index (χ2v) is 4.95. The molecule has 0 unspecified atom stereocenters. The number of rotatable bonds is 11. The first-order valence-corrected chi connectivity index (χ1v) is 6.82. The molecule has 0 aliphatic carbocycles. The molecule has 0 bridgehead atoms. The van der Waals surface area contributed by atoms with Crippen LogP contribution in [-0.4, -0.2) is 20.6 Å². The van der Waals surface area contributed by atoms with E-state index in [1.807, 2.05) is 0 Å². The molecule has 0 rings (SSSR count). The van der Waals surface area contributed by atoms with Gasteiger partial charge in [0.2, 0.25) is 0 Å². The van der Waals surface area contributed by atoms with Crippen LogP contribution >= 0.6 is 0 Å². The zero-order valence-electron chi connectivity index (χ0n) is 11.2. The van der Waals surface area contributed by atoms with Gasteiger partial charge in [0.15, 0.2) is 0 Å². The first kappa shape index (κ1) is 20.1. The van der Waals surface area contributed by atoms with Crippen molar-refractivity contribution in [1.29, 1.82) is 0 Å². The van der Waals surface area contributed by atoms with Crippen LogP contribution in [0.15, 0.2) is 50.6 Å². The van der Waals surface area contributed by atoms with Crippen LogP contribution in [0.4, 0.5) is 0 Å². The lowest BCUT2D eigenvalue weighted by molar-refractivity contribution is 0.0630. The van der Waals surface area contributed by atoms with E-state index in [0.717, 1.165) is 0 Å². The second-order valence-electron chi connectivity index (χ2n) is 3.73. The fraction of sp³-hybridized carbons (Fsp3) is 0.385. The van der Waals surface area contributed by atoms with Crippen molar-refractivity contribution in [2.75, 3.05) is 6.61 Å². The van der Waals surface area contributed by atoms with Crippen LogP contribution in [-0.2, 0) is 18.8 Å². The molecule has 0 radical (unpaired) electrons. The van der Waals surface area contributed by atoms with Gasteiger partial charge in [-0.2, -0.15) is 8.42 Å². The van der Waals surface area contributed by atoms with Gasteiger partial charge in [-0.25, -0.2) is 8.37 Å². The maximum absolute atomic E-state index is 11.6. The number of hydrogen-bond acceptors (Lipinski definition) is 5. The Bertz CT molecular complexity index is 374. The van der Waals surface area contributed by atoms with E-state index in [4.69, 9.17) is 4.18 Å². The Kier molecular flexibility index (Phi) is 10.3. The zero-order valence-corrected chi connectivity index (χ0v) is 12.0.